The van der Waals surface area contributed by atoms with Crippen LogP contribution in [-0.2, 0) is 17.9 Å². The lowest BCUT2D eigenvalue weighted by atomic mass is 10.1. The quantitative estimate of drug-likeness (QED) is 0.339. The van der Waals surface area contributed by atoms with Crippen LogP contribution in [-0.4, -0.2) is 16.8 Å². The zero-order valence-corrected chi connectivity index (χ0v) is 19.1. The van der Waals surface area contributed by atoms with Crippen LogP contribution in [0.1, 0.15) is 22.3 Å². The average molecular weight is 485 g/mol. The number of hydrogen-bond acceptors (Lipinski definition) is 3. The minimum Gasteiger partial charge on any atom is -0.486 e. The fraction of sp³-hybridized carbons (Fsp3) is 0.120. The van der Waals surface area contributed by atoms with Gasteiger partial charge in [0.2, 0.25) is 0 Å². The fourth-order valence-corrected chi connectivity index (χ4v) is 4.05. The maximum atomic E-state index is 13.8. The molecule has 1 heterocycles. The van der Waals surface area contributed by atoms with Crippen molar-refractivity contribution in [2.75, 3.05) is 0 Å². The highest BCUT2D eigenvalue weighted by atomic mass is 35.5. The van der Waals surface area contributed by atoms with E-state index in [1.807, 2.05) is 31.2 Å². The van der Waals surface area contributed by atoms with Crippen molar-refractivity contribution < 1.29 is 18.7 Å². The van der Waals surface area contributed by atoms with Gasteiger partial charge in [0, 0.05) is 5.56 Å². The molecular weight excluding hydrogens is 466 g/mol. The summed E-state index contributed by atoms with van der Waals surface area (Å²) in [7, 11) is 0. The minimum atomic E-state index is -0.505. The molecule has 0 aromatic heterocycles. The Hall–Kier alpha value is -3.35. The smallest absolute Gasteiger partial charge is 0.329 e. The van der Waals surface area contributed by atoms with Crippen LogP contribution < -0.4 is 10.1 Å². The molecule has 0 radical (unpaired) electrons. The first-order chi connectivity index (χ1) is 15.8. The van der Waals surface area contributed by atoms with Crippen LogP contribution in [0.15, 0.2) is 66.4 Å². The number of nitrogens with zero attached hydrogens (tertiary/aromatic N) is 1. The summed E-state index contributed by atoms with van der Waals surface area (Å²) in [6.45, 7) is 2.06. The van der Waals surface area contributed by atoms with Gasteiger partial charge in [0.1, 0.15) is 18.1 Å². The first kappa shape index (κ1) is 22.8. The molecule has 8 heteroatoms. The largest absolute Gasteiger partial charge is 0.486 e. The van der Waals surface area contributed by atoms with Gasteiger partial charge in [0.05, 0.1) is 16.6 Å². The summed E-state index contributed by atoms with van der Waals surface area (Å²) in [6.07, 6.45) is 1.49. The van der Waals surface area contributed by atoms with Crippen LogP contribution in [0.2, 0.25) is 10.0 Å². The van der Waals surface area contributed by atoms with E-state index in [1.165, 1.54) is 12.1 Å². The molecular formula is C25H19Cl2FN2O3. The van der Waals surface area contributed by atoms with Crippen molar-refractivity contribution in [3.05, 3.63) is 104 Å². The number of aryl methyl sites for hydroxylation is 1. The van der Waals surface area contributed by atoms with E-state index in [4.69, 9.17) is 27.9 Å². The van der Waals surface area contributed by atoms with Crippen molar-refractivity contribution in [2.24, 2.45) is 0 Å². The van der Waals surface area contributed by atoms with Crippen molar-refractivity contribution in [1.82, 2.24) is 10.2 Å². The number of carbonyl (C=O) groups is 2. The Kier molecular flexibility index (Phi) is 6.67. The lowest BCUT2D eigenvalue weighted by Crippen LogP contribution is -2.30. The van der Waals surface area contributed by atoms with Crippen LogP contribution in [0.4, 0.5) is 9.18 Å². The van der Waals surface area contributed by atoms with Crippen molar-refractivity contribution in [3.63, 3.8) is 0 Å². The number of benzene rings is 3. The Labute approximate surface area is 200 Å². The Morgan fingerprint density at radius 1 is 1.03 bits per heavy atom. The normalized spacial score (nSPS) is 14.7. The summed E-state index contributed by atoms with van der Waals surface area (Å²) < 4.78 is 19.4. The Bertz CT molecular complexity index is 1250. The zero-order chi connectivity index (χ0) is 23.5. The average Bonchev–Trinajstić information content (AvgIpc) is 3.02. The molecule has 5 nitrogen and oxygen atoms in total. The second-order valence-electron chi connectivity index (χ2n) is 7.56. The van der Waals surface area contributed by atoms with Crippen LogP contribution in [0.25, 0.3) is 6.08 Å². The highest BCUT2D eigenvalue weighted by Gasteiger charge is 2.33. The number of urea groups is 1. The minimum absolute atomic E-state index is 0.0466. The van der Waals surface area contributed by atoms with Crippen molar-refractivity contribution in [3.8, 4) is 5.75 Å². The van der Waals surface area contributed by atoms with Crippen LogP contribution in [0.5, 0.6) is 5.75 Å². The Morgan fingerprint density at radius 3 is 2.45 bits per heavy atom. The number of nitrogens with one attached hydrogen (secondary N) is 1. The van der Waals surface area contributed by atoms with E-state index in [1.54, 1.807) is 30.3 Å². The summed E-state index contributed by atoms with van der Waals surface area (Å²) in [5.41, 5.74) is 2.87. The molecule has 0 saturated carbocycles. The molecule has 1 N–H and O–H groups in total. The Morgan fingerprint density at radius 2 is 1.76 bits per heavy atom. The molecule has 1 aliphatic rings. The van der Waals surface area contributed by atoms with Gasteiger partial charge < -0.3 is 10.1 Å². The number of rotatable bonds is 6. The second kappa shape index (κ2) is 9.65. The molecule has 0 spiro atoms. The topological polar surface area (TPSA) is 58.6 Å². The van der Waals surface area contributed by atoms with Gasteiger partial charge in [-0.15, -0.1) is 0 Å². The van der Waals surface area contributed by atoms with Crippen molar-refractivity contribution >= 4 is 41.2 Å². The first-order valence-corrected chi connectivity index (χ1v) is 10.8. The third-order valence-electron chi connectivity index (χ3n) is 5.05. The molecule has 3 amide bonds. The molecule has 0 unspecified atom stereocenters. The summed E-state index contributed by atoms with van der Waals surface area (Å²) in [5, 5.41) is 2.97. The molecule has 33 heavy (non-hydrogen) atoms. The van der Waals surface area contributed by atoms with Crippen LogP contribution in [0, 0.1) is 12.7 Å². The van der Waals surface area contributed by atoms with Gasteiger partial charge in [-0.3, -0.25) is 9.69 Å². The van der Waals surface area contributed by atoms with Gasteiger partial charge in [-0.2, -0.15) is 0 Å². The van der Waals surface area contributed by atoms with E-state index < -0.39 is 17.8 Å². The maximum Gasteiger partial charge on any atom is 0.329 e. The lowest BCUT2D eigenvalue weighted by Gasteiger charge is -2.12. The SMILES string of the molecule is Cc1cccc(CN2C(=O)N/C(=C/c3cc(Cl)c(OCc4ccccc4F)c(Cl)c3)C2=O)c1. The monoisotopic (exact) mass is 484 g/mol. The Balaban J connectivity index is 1.51. The fourth-order valence-electron chi connectivity index (χ4n) is 3.44. The van der Waals surface area contributed by atoms with E-state index in [2.05, 4.69) is 5.32 Å². The number of ether oxygens (including phenoxy) is 1. The van der Waals surface area contributed by atoms with Gasteiger partial charge in [-0.1, -0.05) is 71.2 Å². The number of hydrogen-bond donors (Lipinski definition) is 1. The molecule has 3 aromatic carbocycles. The predicted octanol–water partition coefficient (Wildman–Crippen LogP) is 6.11. The van der Waals surface area contributed by atoms with Gasteiger partial charge in [0.25, 0.3) is 5.91 Å². The molecule has 4 rings (SSSR count). The van der Waals surface area contributed by atoms with Crippen LogP contribution in [0.3, 0.4) is 0 Å². The summed E-state index contributed by atoms with van der Waals surface area (Å²) in [6, 6.07) is 16.4. The summed E-state index contributed by atoms with van der Waals surface area (Å²) >= 11 is 12.7. The van der Waals surface area contributed by atoms with Crippen LogP contribution >= 0.6 is 23.2 Å². The van der Waals surface area contributed by atoms with Gasteiger partial charge >= 0.3 is 6.03 Å². The number of carbonyl (C=O) groups excluding carboxylic acids is 2. The first-order valence-electron chi connectivity index (χ1n) is 10.1. The van der Waals surface area contributed by atoms with E-state index in [0.717, 1.165) is 16.0 Å². The summed E-state index contributed by atoms with van der Waals surface area (Å²) in [5.74, 6) is -0.642. The number of imide groups is 1. The van der Waals surface area contributed by atoms with Gasteiger partial charge in [-0.05, 0) is 42.3 Å². The van der Waals surface area contributed by atoms with Crippen molar-refractivity contribution in [2.45, 2.75) is 20.1 Å². The number of halogens is 3. The highest BCUT2D eigenvalue weighted by molar-refractivity contribution is 6.37. The van der Waals surface area contributed by atoms with Gasteiger partial charge in [0.15, 0.2) is 5.75 Å². The lowest BCUT2D eigenvalue weighted by molar-refractivity contribution is -0.123. The van der Waals surface area contributed by atoms with E-state index in [-0.39, 0.29) is 34.6 Å². The third kappa shape index (κ3) is 5.18. The molecule has 1 fully saturated rings. The van der Waals surface area contributed by atoms with E-state index >= 15 is 0 Å². The molecule has 1 saturated heterocycles. The molecule has 0 aliphatic carbocycles. The number of amides is 3. The molecule has 0 atom stereocenters. The van der Waals surface area contributed by atoms with Gasteiger partial charge in [-0.25, -0.2) is 9.18 Å². The van der Waals surface area contributed by atoms with E-state index in [0.29, 0.717) is 11.1 Å². The summed E-state index contributed by atoms with van der Waals surface area (Å²) in [4.78, 5) is 26.3. The van der Waals surface area contributed by atoms with Crippen molar-refractivity contribution in [1.29, 1.82) is 0 Å². The second-order valence-corrected chi connectivity index (χ2v) is 8.38. The standard InChI is InChI=1S/C25H19Cl2FN2O3/c1-15-5-4-6-16(9-15)13-30-24(31)22(29-25(30)32)12-17-10-19(26)23(20(27)11-17)33-14-18-7-2-3-8-21(18)28/h2-12H,13-14H2,1H3,(H,29,32)/b22-12+. The van der Waals surface area contributed by atoms with E-state index in [9.17, 15) is 14.0 Å². The third-order valence-corrected chi connectivity index (χ3v) is 5.61. The molecule has 3 aromatic rings. The molecule has 1 aliphatic heterocycles. The molecule has 168 valence electrons. The maximum absolute atomic E-state index is 13.8. The highest BCUT2D eigenvalue weighted by Crippen LogP contribution is 2.35. The molecule has 0 bridgehead atoms. The predicted molar refractivity (Wildman–Crippen MR) is 125 cm³/mol. The zero-order valence-electron chi connectivity index (χ0n) is 17.6.